The van der Waals surface area contributed by atoms with Crippen molar-refractivity contribution in [2.75, 3.05) is 33.4 Å². The van der Waals surface area contributed by atoms with Crippen molar-refractivity contribution in [3.8, 4) is 11.3 Å². The van der Waals surface area contributed by atoms with Crippen molar-refractivity contribution in [3.63, 3.8) is 0 Å². The predicted octanol–water partition coefficient (Wildman–Crippen LogP) is 2.28. The van der Waals surface area contributed by atoms with Crippen LogP contribution in [0.5, 0.6) is 0 Å². The molecule has 0 saturated carbocycles. The first-order chi connectivity index (χ1) is 19.5. The minimum absolute atomic E-state index is 0.198. The topological polar surface area (TPSA) is 117 Å². The molecular formula is C30H35N5O5. The molecule has 210 valence electrons. The lowest BCUT2D eigenvalue weighted by molar-refractivity contribution is -0.125. The van der Waals surface area contributed by atoms with Crippen molar-refractivity contribution in [1.29, 1.82) is 0 Å². The average molecular weight is 546 g/mol. The van der Waals surface area contributed by atoms with Gasteiger partial charge in [0.15, 0.2) is 0 Å². The normalized spacial score (nSPS) is 19.1. The van der Waals surface area contributed by atoms with E-state index in [0.717, 1.165) is 66.6 Å². The Hall–Kier alpha value is -3.60. The van der Waals surface area contributed by atoms with E-state index < -0.39 is 6.04 Å². The minimum atomic E-state index is -0.698. The van der Waals surface area contributed by atoms with E-state index in [1.165, 1.54) is 5.56 Å². The van der Waals surface area contributed by atoms with Crippen molar-refractivity contribution in [1.82, 2.24) is 24.7 Å². The molecule has 2 aromatic heterocycles. The molecule has 2 N–H and O–H groups in total. The molecule has 5 heterocycles. The van der Waals surface area contributed by atoms with Gasteiger partial charge >= 0.3 is 0 Å². The number of piperidine rings is 1. The molecule has 0 radical (unpaired) electrons. The second-order valence-electron chi connectivity index (χ2n) is 11.0. The van der Waals surface area contributed by atoms with Crippen molar-refractivity contribution >= 4 is 29.1 Å². The number of aliphatic hydroxyl groups is 1. The Kier molecular flexibility index (Phi) is 7.39. The second kappa shape index (κ2) is 11.1. The molecule has 3 aliphatic rings. The van der Waals surface area contributed by atoms with E-state index in [2.05, 4.69) is 33.1 Å². The number of likely N-dealkylation sites (N-methyl/N-ethyl adjacent to an activating group) is 1. The number of ether oxygens (including phenoxy) is 1. The molecule has 1 aromatic carbocycles. The first kappa shape index (κ1) is 26.6. The van der Waals surface area contributed by atoms with E-state index in [1.807, 2.05) is 18.2 Å². The fourth-order valence-electron chi connectivity index (χ4n) is 6.05. The number of benzene rings is 1. The van der Waals surface area contributed by atoms with Gasteiger partial charge in [0.25, 0.3) is 5.91 Å². The number of aldehydes is 1. The van der Waals surface area contributed by atoms with Gasteiger partial charge in [-0.1, -0.05) is 6.07 Å². The maximum absolute atomic E-state index is 13.3. The fraction of sp³-hybridized carbons (Fsp3) is 0.467. The molecule has 40 heavy (non-hydrogen) atoms. The number of carbonyl (C=O) groups excluding carboxylic acids is 3. The Morgan fingerprint density at radius 2 is 2.02 bits per heavy atom. The highest BCUT2D eigenvalue weighted by Crippen LogP contribution is 2.34. The van der Waals surface area contributed by atoms with Gasteiger partial charge in [-0.15, -0.1) is 0 Å². The molecule has 0 spiro atoms. The zero-order valence-electron chi connectivity index (χ0n) is 22.7. The molecule has 1 unspecified atom stereocenters. The molecular weight excluding hydrogens is 510 g/mol. The highest BCUT2D eigenvalue weighted by atomic mass is 16.5. The Bertz CT molecular complexity index is 1440. The lowest BCUT2D eigenvalue weighted by Crippen LogP contribution is -2.46. The van der Waals surface area contributed by atoms with Gasteiger partial charge in [0, 0.05) is 62.4 Å². The number of amides is 2. The number of fused-ring (bicyclic) bond motifs is 2. The third-order valence-electron chi connectivity index (χ3n) is 8.45. The zero-order valence-corrected chi connectivity index (χ0v) is 22.7. The molecule has 0 bridgehead atoms. The summed E-state index contributed by atoms with van der Waals surface area (Å²) in [6.45, 7) is 4.12. The summed E-state index contributed by atoms with van der Waals surface area (Å²) in [6, 6.07) is 9.59. The van der Waals surface area contributed by atoms with Crippen molar-refractivity contribution < 1.29 is 24.2 Å². The van der Waals surface area contributed by atoms with Crippen LogP contribution in [0.1, 0.15) is 53.2 Å². The number of hydrogen-bond donors (Lipinski definition) is 2. The Morgan fingerprint density at radius 3 is 2.73 bits per heavy atom. The van der Waals surface area contributed by atoms with Gasteiger partial charge < -0.3 is 29.4 Å². The molecule has 6 rings (SSSR count). The summed E-state index contributed by atoms with van der Waals surface area (Å²) in [5, 5.41) is 13.7. The van der Waals surface area contributed by atoms with Gasteiger partial charge in [-0.2, -0.15) is 0 Å². The predicted molar refractivity (Wildman–Crippen MR) is 149 cm³/mol. The van der Waals surface area contributed by atoms with Gasteiger partial charge in [-0.3, -0.25) is 14.5 Å². The Morgan fingerprint density at radius 1 is 1.23 bits per heavy atom. The molecule has 2 saturated heterocycles. The quantitative estimate of drug-likeness (QED) is 0.396. The SMILES string of the molecule is CNC(=O)C(CCC=O)N1Cc2cc(-c3cc(CN4CCC(O)CC4)c4ccn(C5COC5)c4n3)ccc2C1=O. The first-order valence-corrected chi connectivity index (χ1v) is 14.0. The van der Waals surface area contributed by atoms with Crippen LogP contribution in [0.4, 0.5) is 0 Å². The number of nitrogens with zero attached hydrogens (tertiary/aromatic N) is 4. The first-order valence-electron chi connectivity index (χ1n) is 14.0. The molecule has 0 aliphatic carbocycles. The van der Waals surface area contributed by atoms with Crippen molar-refractivity contribution in [2.45, 2.75) is 57.0 Å². The number of aromatic nitrogens is 2. The third-order valence-corrected chi connectivity index (χ3v) is 8.45. The van der Waals surface area contributed by atoms with Crippen molar-refractivity contribution in [3.05, 3.63) is 53.2 Å². The van der Waals surface area contributed by atoms with E-state index in [1.54, 1.807) is 11.9 Å². The summed E-state index contributed by atoms with van der Waals surface area (Å²) in [5.74, 6) is -0.470. The van der Waals surface area contributed by atoms with Gasteiger partial charge in [0.2, 0.25) is 5.91 Å². The molecule has 3 aromatic rings. The number of pyridine rings is 1. The van der Waals surface area contributed by atoms with Gasteiger partial charge in [-0.25, -0.2) is 4.98 Å². The smallest absolute Gasteiger partial charge is 0.255 e. The monoisotopic (exact) mass is 545 g/mol. The molecule has 10 nitrogen and oxygen atoms in total. The van der Waals surface area contributed by atoms with Crippen LogP contribution in [0.25, 0.3) is 22.3 Å². The standard InChI is InChI=1S/C30H35N5O5/c1-31-29(38)27(3-2-12-36)35-16-20-13-19(4-5-25(20)30(35)39)26-14-21(15-33-9-6-23(37)7-10-33)24-8-11-34(28(24)32-26)22-17-40-18-22/h4-5,8,11-14,22-23,27,37H,2-3,6-7,9-10,15-18H2,1H3,(H,31,38). The number of aliphatic hydroxyl groups excluding tert-OH is 1. The summed E-state index contributed by atoms with van der Waals surface area (Å²) in [6.07, 6.45) is 4.69. The lowest BCUT2D eigenvalue weighted by Gasteiger charge is -2.30. The summed E-state index contributed by atoms with van der Waals surface area (Å²) in [4.78, 5) is 45.9. The zero-order chi connectivity index (χ0) is 27.8. The maximum Gasteiger partial charge on any atom is 0.255 e. The minimum Gasteiger partial charge on any atom is -0.393 e. The molecule has 3 aliphatic heterocycles. The number of rotatable bonds is 9. The van der Waals surface area contributed by atoms with Crippen molar-refractivity contribution in [2.24, 2.45) is 0 Å². The number of carbonyl (C=O) groups is 3. The van der Waals surface area contributed by atoms with E-state index in [0.29, 0.717) is 25.3 Å². The maximum atomic E-state index is 13.3. The van der Waals surface area contributed by atoms with E-state index in [9.17, 15) is 19.5 Å². The van der Waals surface area contributed by atoms with E-state index in [-0.39, 0.29) is 36.8 Å². The van der Waals surface area contributed by atoms with Crippen LogP contribution in [0.15, 0.2) is 36.5 Å². The Balaban J connectivity index is 1.34. The third kappa shape index (κ3) is 4.91. The molecule has 1 atom stereocenters. The van der Waals surface area contributed by atoms with E-state index in [4.69, 9.17) is 9.72 Å². The lowest BCUT2D eigenvalue weighted by atomic mass is 10.0. The van der Waals surface area contributed by atoms with Crippen LogP contribution >= 0.6 is 0 Å². The van der Waals surface area contributed by atoms with E-state index >= 15 is 0 Å². The highest BCUT2D eigenvalue weighted by Gasteiger charge is 2.36. The van der Waals surface area contributed by atoms with Gasteiger partial charge in [-0.05, 0) is 54.7 Å². The van der Waals surface area contributed by atoms with Crippen LogP contribution in [0.2, 0.25) is 0 Å². The molecule has 10 heteroatoms. The summed E-state index contributed by atoms with van der Waals surface area (Å²) >= 11 is 0. The van der Waals surface area contributed by atoms with Crippen LogP contribution < -0.4 is 5.32 Å². The molecule has 2 amide bonds. The van der Waals surface area contributed by atoms with Gasteiger partial charge in [0.1, 0.15) is 18.0 Å². The largest absolute Gasteiger partial charge is 0.393 e. The fourth-order valence-corrected chi connectivity index (χ4v) is 6.05. The van der Waals surface area contributed by atoms with Crippen LogP contribution in [0.3, 0.4) is 0 Å². The number of hydrogen-bond acceptors (Lipinski definition) is 7. The summed E-state index contributed by atoms with van der Waals surface area (Å²) < 4.78 is 7.66. The van der Waals surface area contributed by atoms with Gasteiger partial charge in [0.05, 0.1) is 31.1 Å². The Labute approximate surface area is 232 Å². The van der Waals surface area contributed by atoms with Crippen LogP contribution in [-0.4, -0.2) is 88.1 Å². The second-order valence-corrected chi connectivity index (χ2v) is 11.0. The molecule has 2 fully saturated rings. The number of nitrogens with one attached hydrogen (secondary N) is 1. The number of likely N-dealkylation sites (tertiary alicyclic amines) is 1. The summed E-state index contributed by atoms with van der Waals surface area (Å²) in [5.41, 5.74) is 5.27. The average Bonchev–Trinajstić information content (AvgIpc) is 3.50. The van der Waals surface area contributed by atoms with Crippen LogP contribution in [-0.2, 0) is 27.4 Å². The highest BCUT2D eigenvalue weighted by molar-refractivity contribution is 6.01. The van der Waals surface area contributed by atoms with Crippen LogP contribution in [0, 0.1) is 0 Å². The summed E-state index contributed by atoms with van der Waals surface area (Å²) in [7, 11) is 1.54.